The molecule has 0 atom stereocenters. The van der Waals surface area contributed by atoms with Gasteiger partial charge in [-0.15, -0.1) is 11.8 Å². The molecule has 0 spiro atoms. The fraction of sp³-hybridized carbons (Fsp3) is 0.375. The Morgan fingerprint density at radius 1 is 0.977 bits per heavy atom. The average molecular weight is 629 g/mol. The van der Waals surface area contributed by atoms with Crippen LogP contribution < -0.4 is 10.1 Å². The van der Waals surface area contributed by atoms with Crippen LogP contribution in [0.2, 0.25) is 0 Å². The van der Waals surface area contributed by atoms with Gasteiger partial charge in [-0.05, 0) is 84.4 Å². The van der Waals surface area contributed by atoms with E-state index >= 15 is 0 Å². The van der Waals surface area contributed by atoms with Crippen molar-refractivity contribution in [2.75, 3.05) is 5.32 Å². The largest absolute Gasteiger partial charge is 0.459 e. The molecule has 0 saturated carbocycles. The van der Waals surface area contributed by atoms with E-state index in [2.05, 4.69) is 20.4 Å². The van der Waals surface area contributed by atoms with Gasteiger partial charge in [0.25, 0.3) is 0 Å². The van der Waals surface area contributed by atoms with Crippen LogP contribution in [0.5, 0.6) is 11.6 Å². The molecular weight excluding hydrogens is 593 g/mol. The molecule has 4 rings (SSSR count). The van der Waals surface area contributed by atoms with Gasteiger partial charge >= 0.3 is 12.1 Å². The summed E-state index contributed by atoms with van der Waals surface area (Å²) in [7, 11) is 0. The van der Waals surface area contributed by atoms with Crippen LogP contribution in [-0.2, 0) is 28.7 Å². The molecule has 0 saturated heterocycles. The number of alkyl halides is 3. The van der Waals surface area contributed by atoms with Crippen molar-refractivity contribution in [1.29, 1.82) is 0 Å². The highest BCUT2D eigenvalue weighted by molar-refractivity contribution is 8.01. The number of nitrogens with zero attached hydrogens (tertiary/aromatic N) is 3. The molecule has 0 aliphatic rings. The summed E-state index contributed by atoms with van der Waals surface area (Å²) in [4.78, 5) is 22.6. The van der Waals surface area contributed by atoms with E-state index in [0.717, 1.165) is 28.2 Å². The molecule has 44 heavy (non-hydrogen) atoms. The number of esters is 1. The number of anilines is 1. The second-order valence-corrected chi connectivity index (χ2v) is 13.4. The van der Waals surface area contributed by atoms with Crippen LogP contribution in [0.25, 0.3) is 0 Å². The SMILES string of the molecule is Cc1noc(C)c1Cc1nc(NCc2ccc(SC(C)(C)C(=O)OC(C)(C)C)cc2)cc(Oc2cccc(C(F)(F)F)c2)n1. The number of aromatic nitrogens is 3. The summed E-state index contributed by atoms with van der Waals surface area (Å²) in [5, 5.41) is 7.23. The minimum atomic E-state index is -4.51. The van der Waals surface area contributed by atoms with Crippen LogP contribution in [-0.4, -0.2) is 31.4 Å². The minimum Gasteiger partial charge on any atom is -0.459 e. The van der Waals surface area contributed by atoms with Crippen molar-refractivity contribution in [1.82, 2.24) is 15.1 Å². The van der Waals surface area contributed by atoms with Gasteiger partial charge in [0.1, 0.15) is 33.5 Å². The van der Waals surface area contributed by atoms with E-state index in [1.807, 2.05) is 65.8 Å². The summed E-state index contributed by atoms with van der Waals surface area (Å²) in [5.41, 5.74) is 1.05. The Balaban J connectivity index is 1.51. The fourth-order valence-corrected chi connectivity index (χ4v) is 5.06. The van der Waals surface area contributed by atoms with Crippen molar-refractivity contribution in [2.24, 2.45) is 0 Å². The fourth-order valence-electron chi connectivity index (χ4n) is 4.07. The predicted octanol–water partition coefficient (Wildman–Crippen LogP) is 8.31. The predicted molar refractivity (Wildman–Crippen MR) is 162 cm³/mol. The number of hydrogen-bond donors (Lipinski definition) is 1. The molecule has 8 nitrogen and oxygen atoms in total. The Morgan fingerprint density at radius 3 is 2.30 bits per heavy atom. The Bertz CT molecular complexity index is 1590. The molecule has 2 aromatic heterocycles. The maximum Gasteiger partial charge on any atom is 0.416 e. The molecule has 2 heterocycles. The number of thioether (sulfide) groups is 1. The quantitative estimate of drug-likeness (QED) is 0.137. The van der Waals surface area contributed by atoms with Crippen molar-refractivity contribution in [3.05, 3.63) is 88.6 Å². The van der Waals surface area contributed by atoms with Crippen molar-refractivity contribution in [3.63, 3.8) is 0 Å². The first-order valence-electron chi connectivity index (χ1n) is 13.9. The van der Waals surface area contributed by atoms with E-state index in [-0.39, 0.29) is 24.0 Å². The van der Waals surface area contributed by atoms with Crippen molar-refractivity contribution < 1.29 is 32.0 Å². The molecule has 0 aliphatic carbocycles. The van der Waals surface area contributed by atoms with Gasteiger partial charge in [0.2, 0.25) is 5.88 Å². The number of aryl methyl sites for hydroxylation is 2. The third kappa shape index (κ3) is 8.98. The number of hydrogen-bond acceptors (Lipinski definition) is 9. The molecule has 1 N–H and O–H groups in total. The Kier molecular flexibility index (Phi) is 9.62. The molecule has 0 radical (unpaired) electrons. The van der Waals surface area contributed by atoms with Crippen LogP contribution >= 0.6 is 11.8 Å². The Hall–Kier alpha value is -4.06. The lowest BCUT2D eigenvalue weighted by atomic mass is 10.1. The van der Waals surface area contributed by atoms with Gasteiger partial charge < -0.3 is 19.3 Å². The lowest BCUT2D eigenvalue weighted by Gasteiger charge is -2.28. The van der Waals surface area contributed by atoms with Crippen LogP contribution in [0.1, 0.15) is 68.6 Å². The van der Waals surface area contributed by atoms with Crippen molar-refractivity contribution >= 4 is 23.5 Å². The first-order chi connectivity index (χ1) is 20.5. The van der Waals surface area contributed by atoms with Crippen LogP contribution in [0.4, 0.5) is 19.0 Å². The monoisotopic (exact) mass is 628 g/mol. The third-order valence-electron chi connectivity index (χ3n) is 6.31. The Labute approximate surface area is 258 Å². The molecule has 12 heteroatoms. The van der Waals surface area contributed by atoms with Crippen LogP contribution in [0, 0.1) is 13.8 Å². The zero-order valence-corrected chi connectivity index (χ0v) is 26.4. The molecule has 0 aliphatic heterocycles. The van der Waals surface area contributed by atoms with Crippen LogP contribution in [0.3, 0.4) is 0 Å². The van der Waals surface area contributed by atoms with E-state index in [1.165, 1.54) is 30.0 Å². The first kappa shape index (κ1) is 32.8. The smallest absolute Gasteiger partial charge is 0.416 e. The van der Waals surface area contributed by atoms with Crippen molar-refractivity contribution in [2.45, 2.75) is 82.9 Å². The minimum absolute atomic E-state index is 0.00448. The van der Waals surface area contributed by atoms with Gasteiger partial charge in [-0.2, -0.15) is 18.2 Å². The zero-order chi connectivity index (χ0) is 32.3. The molecule has 4 aromatic rings. The summed E-state index contributed by atoms with van der Waals surface area (Å²) in [6, 6.07) is 13.9. The summed E-state index contributed by atoms with van der Waals surface area (Å²) < 4.78 is 55.6. The van der Waals surface area contributed by atoms with E-state index in [4.69, 9.17) is 14.0 Å². The third-order valence-corrected chi connectivity index (χ3v) is 7.49. The molecule has 0 bridgehead atoms. The highest BCUT2D eigenvalue weighted by Gasteiger charge is 2.34. The highest BCUT2D eigenvalue weighted by atomic mass is 32.2. The number of benzene rings is 2. The molecule has 0 amide bonds. The summed E-state index contributed by atoms with van der Waals surface area (Å²) in [5.74, 6) is 1.21. The maximum atomic E-state index is 13.3. The van der Waals surface area contributed by atoms with Gasteiger partial charge in [0.05, 0.1) is 11.3 Å². The Morgan fingerprint density at radius 2 is 1.68 bits per heavy atom. The summed E-state index contributed by atoms with van der Waals surface area (Å²) >= 11 is 1.41. The number of carbonyl (C=O) groups is 1. The summed E-state index contributed by atoms with van der Waals surface area (Å²) in [6.07, 6.45) is -4.22. The van der Waals surface area contributed by atoms with Gasteiger partial charge in [-0.25, -0.2) is 4.98 Å². The van der Waals surface area contributed by atoms with Gasteiger partial charge in [0, 0.05) is 29.5 Å². The number of nitrogens with one attached hydrogen (secondary N) is 1. The first-order valence-corrected chi connectivity index (χ1v) is 14.7. The number of ether oxygens (including phenoxy) is 2. The van der Waals surface area contributed by atoms with E-state index in [9.17, 15) is 18.0 Å². The van der Waals surface area contributed by atoms with E-state index in [0.29, 0.717) is 29.6 Å². The average Bonchev–Trinajstić information content (AvgIpc) is 3.23. The summed E-state index contributed by atoms with van der Waals surface area (Å²) in [6.45, 7) is 13.2. The van der Waals surface area contributed by atoms with Crippen molar-refractivity contribution in [3.8, 4) is 11.6 Å². The zero-order valence-electron chi connectivity index (χ0n) is 25.6. The molecular formula is C32H35F3N4O4S. The van der Waals surface area contributed by atoms with Gasteiger partial charge in [0.15, 0.2) is 0 Å². The van der Waals surface area contributed by atoms with Gasteiger partial charge in [-0.3, -0.25) is 4.79 Å². The lowest BCUT2D eigenvalue weighted by Crippen LogP contribution is -2.36. The second-order valence-electron chi connectivity index (χ2n) is 11.7. The molecule has 0 unspecified atom stereocenters. The van der Waals surface area contributed by atoms with E-state index in [1.54, 1.807) is 6.92 Å². The van der Waals surface area contributed by atoms with E-state index < -0.39 is 22.1 Å². The standard InChI is InChI=1S/C32H35F3N4O4S/c1-19-25(20(2)43-39-19)16-27-37-26(17-28(38-27)41-23-10-8-9-22(15-23)32(33,34)35)36-18-21-11-13-24(14-12-21)44-31(6,7)29(40)42-30(3,4)5/h8-15,17H,16,18H2,1-7H3,(H,36,37,38). The molecule has 0 fully saturated rings. The molecule has 234 valence electrons. The second kappa shape index (κ2) is 12.9. The number of rotatable bonds is 10. The normalized spacial score (nSPS) is 12.2. The lowest BCUT2D eigenvalue weighted by molar-refractivity contribution is -0.156. The topological polar surface area (TPSA) is 99.4 Å². The number of carbonyl (C=O) groups excluding carboxylic acids is 1. The van der Waals surface area contributed by atoms with Crippen LogP contribution in [0.15, 0.2) is 64.0 Å². The molecule has 2 aromatic carbocycles. The number of halogens is 3. The highest BCUT2D eigenvalue weighted by Crippen LogP contribution is 2.35. The maximum absolute atomic E-state index is 13.3. The van der Waals surface area contributed by atoms with Gasteiger partial charge in [-0.1, -0.05) is 23.4 Å².